The number of carbonyl (C=O) groups excluding carboxylic acids is 1. The normalized spacial score (nSPS) is 12.2. The number of nitrogens with one attached hydrogen (secondary N) is 1. The third kappa shape index (κ3) is 4.89. The molecule has 2 aromatic carbocycles. The molecule has 0 aliphatic carbocycles. The van der Waals surface area contributed by atoms with Gasteiger partial charge in [0.25, 0.3) is 0 Å². The smallest absolute Gasteiger partial charge is 0.220 e. The maximum atomic E-state index is 12.3. The van der Waals surface area contributed by atoms with Gasteiger partial charge in [0, 0.05) is 6.42 Å². The average molecular weight is 353 g/mol. The van der Waals surface area contributed by atoms with Gasteiger partial charge >= 0.3 is 0 Å². The summed E-state index contributed by atoms with van der Waals surface area (Å²) in [6.45, 7) is 2.15. The summed E-state index contributed by atoms with van der Waals surface area (Å²) in [4.78, 5) is 17.0. The highest BCUT2D eigenvalue weighted by molar-refractivity contribution is 7.18. The largest absolute Gasteiger partial charge is 0.349 e. The highest BCUT2D eigenvalue weighted by Gasteiger charge is 2.13. The molecule has 1 atom stereocenters. The SMILES string of the molecule is CCCC(NC(=O)CCCc1nc2ccccc2s1)c1ccccc1. The van der Waals surface area contributed by atoms with E-state index in [1.54, 1.807) is 11.3 Å². The first-order valence-electron chi connectivity index (χ1n) is 8.95. The van der Waals surface area contributed by atoms with Crippen molar-refractivity contribution in [1.82, 2.24) is 10.3 Å². The molecule has 3 nitrogen and oxygen atoms in total. The van der Waals surface area contributed by atoms with Crippen molar-refractivity contribution >= 4 is 27.5 Å². The molecule has 1 aromatic heterocycles. The van der Waals surface area contributed by atoms with Gasteiger partial charge < -0.3 is 5.32 Å². The Hall–Kier alpha value is -2.20. The molecular weight excluding hydrogens is 328 g/mol. The van der Waals surface area contributed by atoms with Gasteiger partial charge in [-0.15, -0.1) is 11.3 Å². The number of para-hydroxylation sites is 1. The van der Waals surface area contributed by atoms with Gasteiger partial charge in [0.2, 0.25) is 5.91 Å². The minimum atomic E-state index is 0.112. The first-order chi connectivity index (χ1) is 12.3. The summed E-state index contributed by atoms with van der Waals surface area (Å²) in [7, 11) is 0. The lowest BCUT2D eigenvalue weighted by atomic mass is 10.0. The standard InChI is InChI=1S/C21H24N2OS/c1-2-9-17(16-10-4-3-5-11-16)22-20(24)14-8-15-21-23-18-12-6-7-13-19(18)25-21/h3-7,10-13,17H,2,8-9,14-15H2,1H3,(H,22,24). The Morgan fingerprint density at radius 1 is 1.12 bits per heavy atom. The van der Waals surface area contributed by atoms with Gasteiger partial charge in [0.15, 0.2) is 0 Å². The van der Waals surface area contributed by atoms with Gasteiger partial charge in [-0.1, -0.05) is 55.8 Å². The third-order valence-corrected chi connectivity index (χ3v) is 5.34. The minimum Gasteiger partial charge on any atom is -0.349 e. The van der Waals surface area contributed by atoms with Crippen molar-refractivity contribution in [2.24, 2.45) is 0 Å². The van der Waals surface area contributed by atoms with Crippen LogP contribution in [0.2, 0.25) is 0 Å². The van der Waals surface area contributed by atoms with Crippen LogP contribution in [0.3, 0.4) is 0 Å². The number of benzene rings is 2. The van der Waals surface area contributed by atoms with Gasteiger partial charge in [-0.3, -0.25) is 4.79 Å². The Labute approximate surface area is 153 Å². The number of aryl methyl sites for hydroxylation is 1. The molecule has 3 aromatic rings. The summed E-state index contributed by atoms with van der Waals surface area (Å²) in [6.07, 6.45) is 4.25. The van der Waals surface area contributed by atoms with Crippen LogP contribution in [0.1, 0.15) is 49.2 Å². The molecule has 1 unspecified atom stereocenters. The van der Waals surface area contributed by atoms with Crippen molar-refractivity contribution in [3.63, 3.8) is 0 Å². The van der Waals surface area contributed by atoms with Gasteiger partial charge in [-0.05, 0) is 37.0 Å². The predicted octanol–water partition coefficient (Wildman–Crippen LogP) is 5.28. The molecule has 0 bridgehead atoms. The Morgan fingerprint density at radius 3 is 2.64 bits per heavy atom. The van der Waals surface area contributed by atoms with Crippen LogP contribution in [-0.4, -0.2) is 10.9 Å². The molecule has 0 aliphatic heterocycles. The monoisotopic (exact) mass is 352 g/mol. The van der Waals surface area contributed by atoms with Crippen LogP contribution in [0.15, 0.2) is 54.6 Å². The number of rotatable bonds is 8. The van der Waals surface area contributed by atoms with Crippen molar-refractivity contribution in [2.45, 2.75) is 45.1 Å². The first-order valence-corrected chi connectivity index (χ1v) is 9.76. The zero-order valence-corrected chi connectivity index (χ0v) is 15.4. The first kappa shape index (κ1) is 17.6. The fourth-order valence-corrected chi connectivity index (χ4v) is 4.00. The van der Waals surface area contributed by atoms with E-state index in [-0.39, 0.29) is 11.9 Å². The quantitative estimate of drug-likeness (QED) is 0.599. The van der Waals surface area contributed by atoms with E-state index in [2.05, 4.69) is 35.4 Å². The number of nitrogens with zero attached hydrogens (tertiary/aromatic N) is 1. The third-order valence-electron chi connectivity index (χ3n) is 4.25. The van der Waals surface area contributed by atoms with E-state index in [1.807, 2.05) is 36.4 Å². The van der Waals surface area contributed by atoms with E-state index in [0.29, 0.717) is 6.42 Å². The Morgan fingerprint density at radius 2 is 1.88 bits per heavy atom. The van der Waals surface area contributed by atoms with Crippen LogP contribution in [0.25, 0.3) is 10.2 Å². The summed E-state index contributed by atoms with van der Waals surface area (Å²) in [5.41, 5.74) is 2.24. The fraction of sp³-hybridized carbons (Fsp3) is 0.333. The maximum absolute atomic E-state index is 12.3. The molecule has 0 aliphatic rings. The van der Waals surface area contributed by atoms with Crippen molar-refractivity contribution < 1.29 is 4.79 Å². The van der Waals surface area contributed by atoms with Crippen LogP contribution in [-0.2, 0) is 11.2 Å². The number of carbonyl (C=O) groups is 1. The molecule has 0 saturated heterocycles. The van der Waals surface area contributed by atoms with Crippen LogP contribution in [0.5, 0.6) is 0 Å². The predicted molar refractivity (Wildman–Crippen MR) is 105 cm³/mol. The van der Waals surface area contributed by atoms with Crippen molar-refractivity contribution in [2.75, 3.05) is 0 Å². The molecule has 1 N–H and O–H groups in total. The second kappa shape index (κ2) is 8.77. The Kier molecular flexibility index (Phi) is 6.18. The minimum absolute atomic E-state index is 0.112. The highest BCUT2D eigenvalue weighted by Crippen LogP contribution is 2.23. The molecule has 1 amide bonds. The molecule has 130 valence electrons. The van der Waals surface area contributed by atoms with E-state index >= 15 is 0 Å². The molecule has 3 rings (SSSR count). The summed E-state index contributed by atoms with van der Waals surface area (Å²) >= 11 is 1.73. The molecule has 0 fully saturated rings. The van der Waals surface area contributed by atoms with Crippen LogP contribution in [0, 0.1) is 0 Å². The summed E-state index contributed by atoms with van der Waals surface area (Å²) in [5.74, 6) is 0.128. The van der Waals surface area contributed by atoms with E-state index < -0.39 is 0 Å². The second-order valence-corrected chi connectivity index (χ2v) is 7.36. The second-order valence-electron chi connectivity index (χ2n) is 6.25. The van der Waals surface area contributed by atoms with Gasteiger partial charge in [-0.25, -0.2) is 4.98 Å². The number of amides is 1. The number of aromatic nitrogens is 1. The molecule has 0 radical (unpaired) electrons. The highest BCUT2D eigenvalue weighted by atomic mass is 32.1. The lowest BCUT2D eigenvalue weighted by Gasteiger charge is -2.18. The lowest BCUT2D eigenvalue weighted by molar-refractivity contribution is -0.122. The average Bonchev–Trinajstić information content (AvgIpc) is 3.05. The maximum Gasteiger partial charge on any atom is 0.220 e. The number of hydrogen-bond donors (Lipinski definition) is 1. The van der Waals surface area contributed by atoms with Crippen molar-refractivity contribution in [3.05, 3.63) is 65.2 Å². The molecular formula is C21H24N2OS. The molecule has 4 heteroatoms. The number of hydrogen-bond acceptors (Lipinski definition) is 3. The van der Waals surface area contributed by atoms with E-state index in [9.17, 15) is 4.79 Å². The van der Waals surface area contributed by atoms with Gasteiger partial charge in [0.05, 0.1) is 21.3 Å². The Bertz CT molecular complexity index is 780. The van der Waals surface area contributed by atoms with Crippen LogP contribution in [0.4, 0.5) is 0 Å². The zero-order valence-electron chi connectivity index (χ0n) is 14.6. The fourth-order valence-electron chi connectivity index (χ4n) is 2.99. The van der Waals surface area contributed by atoms with Gasteiger partial charge in [-0.2, -0.15) is 0 Å². The van der Waals surface area contributed by atoms with Gasteiger partial charge in [0.1, 0.15) is 0 Å². The van der Waals surface area contributed by atoms with E-state index in [4.69, 9.17) is 0 Å². The molecule has 25 heavy (non-hydrogen) atoms. The van der Waals surface area contributed by atoms with Crippen LogP contribution < -0.4 is 5.32 Å². The summed E-state index contributed by atoms with van der Waals surface area (Å²) in [5, 5.41) is 4.30. The number of fused-ring (bicyclic) bond motifs is 1. The number of thiazole rings is 1. The van der Waals surface area contributed by atoms with E-state index in [1.165, 1.54) is 10.3 Å². The van der Waals surface area contributed by atoms with Crippen molar-refractivity contribution in [3.8, 4) is 0 Å². The lowest BCUT2D eigenvalue weighted by Crippen LogP contribution is -2.28. The topological polar surface area (TPSA) is 42.0 Å². The molecule has 1 heterocycles. The summed E-state index contributed by atoms with van der Waals surface area (Å²) in [6, 6.07) is 18.5. The Balaban J connectivity index is 1.51. The zero-order chi connectivity index (χ0) is 17.5. The van der Waals surface area contributed by atoms with Crippen molar-refractivity contribution in [1.29, 1.82) is 0 Å². The molecule has 0 spiro atoms. The molecule has 0 saturated carbocycles. The van der Waals surface area contributed by atoms with Crippen LogP contribution >= 0.6 is 11.3 Å². The van der Waals surface area contributed by atoms with E-state index in [0.717, 1.165) is 36.2 Å². The summed E-state index contributed by atoms with van der Waals surface area (Å²) < 4.78 is 1.22.